The van der Waals surface area contributed by atoms with E-state index in [-0.39, 0.29) is 0 Å². The van der Waals surface area contributed by atoms with Crippen LogP contribution in [0.5, 0.6) is 0 Å². The number of nitrogens with one attached hydrogen (secondary N) is 1. The number of hydrogen-bond acceptors (Lipinski definition) is 3. The third kappa shape index (κ3) is 2.13. The average Bonchev–Trinajstić information content (AvgIpc) is 2.58. The van der Waals surface area contributed by atoms with Gasteiger partial charge in [-0.05, 0) is 37.6 Å². The number of hydrogen-bond donors (Lipinski definition) is 2. The minimum Gasteiger partial charge on any atom is -0.446 e. The van der Waals surface area contributed by atoms with Crippen molar-refractivity contribution in [3.63, 3.8) is 0 Å². The van der Waals surface area contributed by atoms with Crippen molar-refractivity contribution < 1.29 is 4.42 Å². The molecule has 0 bridgehead atoms. The Balaban J connectivity index is 2.27. The van der Waals surface area contributed by atoms with Crippen LogP contribution in [-0.4, -0.2) is 0 Å². The largest absolute Gasteiger partial charge is 0.446 e. The second-order valence-electron chi connectivity index (χ2n) is 3.63. The Morgan fingerprint density at radius 2 is 1.93 bits per heavy atom. The van der Waals surface area contributed by atoms with Crippen molar-refractivity contribution >= 4 is 17.3 Å². The molecule has 0 radical (unpaired) electrons. The van der Waals surface area contributed by atoms with Gasteiger partial charge in [0.25, 0.3) is 0 Å². The summed E-state index contributed by atoms with van der Waals surface area (Å²) < 4.78 is 5.42. The van der Waals surface area contributed by atoms with Crippen LogP contribution in [-0.2, 0) is 0 Å². The summed E-state index contributed by atoms with van der Waals surface area (Å²) in [5.41, 5.74) is 8.60. The van der Waals surface area contributed by atoms with E-state index in [4.69, 9.17) is 10.2 Å². The lowest BCUT2D eigenvalue weighted by Gasteiger charge is -2.07. The van der Waals surface area contributed by atoms with Gasteiger partial charge in [0, 0.05) is 6.07 Å². The number of rotatable bonds is 2. The number of nitrogens with two attached hydrogens (primary N) is 1. The highest BCUT2D eigenvalue weighted by atomic mass is 16.4. The molecule has 3 nitrogen and oxygen atoms in total. The van der Waals surface area contributed by atoms with E-state index in [2.05, 4.69) is 5.32 Å². The SMILES string of the molecule is Cc1ccc(N)c(Nc2ccc(C)o2)c1. The van der Waals surface area contributed by atoms with Crippen molar-refractivity contribution in [1.29, 1.82) is 0 Å². The molecule has 78 valence electrons. The minimum atomic E-state index is 0.713. The number of furan rings is 1. The number of benzene rings is 1. The summed E-state index contributed by atoms with van der Waals surface area (Å²) in [6, 6.07) is 9.65. The maximum Gasteiger partial charge on any atom is 0.197 e. The van der Waals surface area contributed by atoms with Crippen LogP contribution in [0.4, 0.5) is 17.3 Å². The van der Waals surface area contributed by atoms with Gasteiger partial charge in [0.1, 0.15) is 5.76 Å². The van der Waals surface area contributed by atoms with Gasteiger partial charge < -0.3 is 15.5 Å². The Hall–Kier alpha value is -1.90. The molecule has 3 N–H and O–H groups in total. The van der Waals surface area contributed by atoms with Gasteiger partial charge in [-0.2, -0.15) is 0 Å². The Kier molecular flexibility index (Phi) is 2.37. The molecule has 1 aromatic carbocycles. The summed E-state index contributed by atoms with van der Waals surface area (Å²) in [6.45, 7) is 3.93. The zero-order chi connectivity index (χ0) is 10.8. The van der Waals surface area contributed by atoms with E-state index in [9.17, 15) is 0 Å². The van der Waals surface area contributed by atoms with Gasteiger partial charge in [-0.3, -0.25) is 0 Å². The Bertz CT molecular complexity index is 474. The lowest BCUT2D eigenvalue weighted by atomic mass is 10.2. The summed E-state index contributed by atoms with van der Waals surface area (Å²) in [5.74, 6) is 1.59. The van der Waals surface area contributed by atoms with Crippen LogP contribution in [0.15, 0.2) is 34.7 Å². The summed E-state index contributed by atoms with van der Waals surface area (Å²) >= 11 is 0. The predicted molar refractivity (Wildman–Crippen MR) is 62.3 cm³/mol. The molecule has 1 heterocycles. The van der Waals surface area contributed by atoms with Crippen molar-refractivity contribution in [2.45, 2.75) is 13.8 Å². The van der Waals surface area contributed by atoms with E-state index in [1.54, 1.807) is 0 Å². The van der Waals surface area contributed by atoms with Crippen LogP contribution < -0.4 is 11.1 Å². The predicted octanol–water partition coefficient (Wildman–Crippen LogP) is 3.22. The summed E-state index contributed by atoms with van der Waals surface area (Å²) in [4.78, 5) is 0. The van der Waals surface area contributed by atoms with E-state index in [0.29, 0.717) is 5.88 Å². The number of nitrogen functional groups attached to an aromatic ring is 1. The fourth-order valence-corrected chi connectivity index (χ4v) is 1.41. The zero-order valence-electron chi connectivity index (χ0n) is 8.87. The Morgan fingerprint density at radius 3 is 2.60 bits per heavy atom. The third-order valence-corrected chi connectivity index (χ3v) is 2.21. The van der Waals surface area contributed by atoms with Gasteiger partial charge in [0.2, 0.25) is 0 Å². The first-order valence-electron chi connectivity index (χ1n) is 4.85. The topological polar surface area (TPSA) is 51.2 Å². The van der Waals surface area contributed by atoms with E-state index < -0.39 is 0 Å². The first-order chi connectivity index (χ1) is 7.15. The first kappa shape index (κ1) is 9.65. The zero-order valence-corrected chi connectivity index (χ0v) is 8.87. The Labute approximate surface area is 88.9 Å². The molecule has 0 unspecified atom stereocenters. The summed E-state index contributed by atoms with van der Waals surface area (Å²) in [7, 11) is 0. The standard InChI is InChI=1S/C12H14N2O/c1-8-3-5-10(13)11(7-8)14-12-6-4-9(2)15-12/h3-7,14H,13H2,1-2H3. The minimum absolute atomic E-state index is 0.713. The maximum atomic E-state index is 5.84. The van der Waals surface area contributed by atoms with Gasteiger partial charge in [-0.15, -0.1) is 0 Å². The van der Waals surface area contributed by atoms with Crippen molar-refractivity contribution in [2.24, 2.45) is 0 Å². The lowest BCUT2D eigenvalue weighted by molar-refractivity contribution is 0.551. The van der Waals surface area contributed by atoms with Gasteiger partial charge in [-0.1, -0.05) is 6.07 Å². The normalized spacial score (nSPS) is 10.3. The molecule has 1 aromatic heterocycles. The van der Waals surface area contributed by atoms with Gasteiger partial charge in [0.15, 0.2) is 5.88 Å². The molecule has 0 atom stereocenters. The Morgan fingerprint density at radius 1 is 1.13 bits per heavy atom. The van der Waals surface area contributed by atoms with Crippen LogP contribution in [0.3, 0.4) is 0 Å². The molecule has 2 rings (SSSR count). The molecule has 0 aliphatic heterocycles. The average molecular weight is 202 g/mol. The monoisotopic (exact) mass is 202 g/mol. The van der Waals surface area contributed by atoms with Crippen LogP contribution in [0.25, 0.3) is 0 Å². The van der Waals surface area contributed by atoms with Crippen LogP contribution in [0.2, 0.25) is 0 Å². The molecule has 0 aliphatic carbocycles. The summed E-state index contributed by atoms with van der Waals surface area (Å²) in [6.07, 6.45) is 0. The van der Waals surface area contributed by atoms with Crippen LogP contribution in [0, 0.1) is 13.8 Å². The molecule has 2 aromatic rings. The number of anilines is 3. The van der Waals surface area contributed by atoms with Crippen molar-refractivity contribution in [3.8, 4) is 0 Å². The van der Waals surface area contributed by atoms with Crippen molar-refractivity contribution in [3.05, 3.63) is 41.7 Å². The molecule has 15 heavy (non-hydrogen) atoms. The second-order valence-corrected chi connectivity index (χ2v) is 3.63. The smallest absolute Gasteiger partial charge is 0.197 e. The van der Waals surface area contributed by atoms with Crippen LogP contribution in [0.1, 0.15) is 11.3 Å². The molecule has 0 amide bonds. The quantitative estimate of drug-likeness (QED) is 0.735. The van der Waals surface area contributed by atoms with E-state index in [1.807, 2.05) is 44.2 Å². The highest BCUT2D eigenvalue weighted by Crippen LogP contribution is 2.25. The molecule has 0 aliphatic rings. The molecule has 0 saturated heterocycles. The van der Waals surface area contributed by atoms with Gasteiger partial charge in [-0.25, -0.2) is 0 Å². The maximum absolute atomic E-state index is 5.84. The fraction of sp³-hybridized carbons (Fsp3) is 0.167. The second kappa shape index (κ2) is 3.69. The lowest BCUT2D eigenvalue weighted by Crippen LogP contribution is -1.95. The first-order valence-corrected chi connectivity index (χ1v) is 4.85. The van der Waals surface area contributed by atoms with Gasteiger partial charge >= 0.3 is 0 Å². The van der Waals surface area contributed by atoms with Crippen LogP contribution >= 0.6 is 0 Å². The molecular weight excluding hydrogens is 188 g/mol. The number of aryl methyl sites for hydroxylation is 2. The van der Waals surface area contributed by atoms with Crippen molar-refractivity contribution in [1.82, 2.24) is 0 Å². The fourth-order valence-electron chi connectivity index (χ4n) is 1.41. The molecule has 3 heteroatoms. The van der Waals surface area contributed by atoms with E-state index in [1.165, 1.54) is 0 Å². The van der Waals surface area contributed by atoms with Gasteiger partial charge in [0.05, 0.1) is 11.4 Å². The molecular formula is C12H14N2O. The van der Waals surface area contributed by atoms with E-state index in [0.717, 1.165) is 22.7 Å². The molecule has 0 spiro atoms. The van der Waals surface area contributed by atoms with Crippen molar-refractivity contribution in [2.75, 3.05) is 11.1 Å². The molecule has 0 fully saturated rings. The molecule has 0 saturated carbocycles. The summed E-state index contributed by atoms with van der Waals surface area (Å²) in [5, 5.41) is 3.14. The highest BCUT2D eigenvalue weighted by molar-refractivity contribution is 5.71. The van der Waals surface area contributed by atoms with E-state index >= 15 is 0 Å². The third-order valence-electron chi connectivity index (χ3n) is 2.21. The highest BCUT2D eigenvalue weighted by Gasteiger charge is 2.02.